The summed E-state index contributed by atoms with van der Waals surface area (Å²) in [5, 5.41) is 0.616. The molecule has 2 heteroatoms. The van der Waals surface area contributed by atoms with Gasteiger partial charge in [-0.1, -0.05) is 33.5 Å². The third-order valence-corrected chi connectivity index (χ3v) is 2.48. The van der Waals surface area contributed by atoms with Crippen LogP contribution in [-0.4, -0.2) is 12.4 Å². The summed E-state index contributed by atoms with van der Waals surface area (Å²) >= 11 is 4.46. The Morgan fingerprint density at radius 1 is 1.44 bits per heavy atom. The van der Waals surface area contributed by atoms with Gasteiger partial charge in [-0.15, -0.1) is 0 Å². The number of thiol groups is 1. The van der Waals surface area contributed by atoms with Gasteiger partial charge in [0, 0.05) is 0 Å². The Bertz CT molecular complexity index is 63.9. The molecule has 0 aromatic heterocycles. The minimum atomic E-state index is 0.616. The van der Waals surface area contributed by atoms with Crippen molar-refractivity contribution in [2.24, 2.45) is 5.92 Å². The summed E-state index contributed by atoms with van der Waals surface area (Å²) < 4.78 is 0. The molecule has 54 valence electrons. The second-order valence-electron chi connectivity index (χ2n) is 2.95. The van der Waals surface area contributed by atoms with E-state index in [1.54, 1.807) is 0 Å². The van der Waals surface area contributed by atoms with Crippen molar-refractivity contribution in [2.45, 2.75) is 38.7 Å². The summed E-state index contributed by atoms with van der Waals surface area (Å²) in [5.41, 5.74) is 0. The molecule has 0 heterocycles. The van der Waals surface area contributed by atoms with Gasteiger partial charge in [-0.05, 0) is 11.1 Å². The van der Waals surface area contributed by atoms with E-state index in [0.717, 1.165) is 5.92 Å². The zero-order valence-corrected chi connectivity index (χ0v) is 7.62. The quantitative estimate of drug-likeness (QED) is 0.453. The van der Waals surface area contributed by atoms with Crippen LogP contribution in [0.1, 0.15) is 27.2 Å². The van der Waals surface area contributed by atoms with Crippen molar-refractivity contribution in [3.05, 3.63) is 0 Å². The fourth-order valence-corrected chi connectivity index (χ4v) is 0.929. The van der Waals surface area contributed by atoms with E-state index in [2.05, 4.69) is 33.4 Å². The number of hydrogen-bond donors (Lipinski definition) is 1. The summed E-state index contributed by atoms with van der Waals surface area (Å²) in [6, 6.07) is 0. The molecule has 0 saturated heterocycles. The van der Waals surface area contributed by atoms with E-state index in [9.17, 15) is 0 Å². The van der Waals surface area contributed by atoms with Crippen LogP contribution in [0.4, 0.5) is 0 Å². The van der Waals surface area contributed by atoms with E-state index < -0.39 is 0 Å². The van der Waals surface area contributed by atoms with Crippen LogP contribution in [0.3, 0.4) is 0 Å². The maximum Gasteiger partial charge on any atom is 0.136 e. The first-order valence-electron chi connectivity index (χ1n) is 3.86. The second-order valence-corrected chi connectivity index (χ2v) is 3.62. The summed E-state index contributed by atoms with van der Waals surface area (Å²) in [5.74, 6) is 0.736. The number of hydrogen-bond acceptors (Lipinski definition) is 1. The molecule has 1 atom stereocenters. The SMILES string of the molecule is CCCBC(S)C(C)C. The molecule has 0 aliphatic rings. The monoisotopic (exact) mass is 144 g/mol. The molecule has 0 amide bonds. The molecule has 0 nitrogen and oxygen atoms in total. The second kappa shape index (κ2) is 5.22. The maximum absolute atomic E-state index is 4.46. The normalized spacial score (nSPS) is 13.9. The van der Waals surface area contributed by atoms with Gasteiger partial charge in [0.15, 0.2) is 0 Å². The van der Waals surface area contributed by atoms with Crippen molar-refractivity contribution in [3.63, 3.8) is 0 Å². The van der Waals surface area contributed by atoms with Crippen molar-refractivity contribution in [3.8, 4) is 0 Å². The standard InChI is InChI=1S/C7H17BS/c1-4-5-8-7(9)6(2)3/h6-9H,4-5H2,1-3H3. The fourth-order valence-electron chi connectivity index (χ4n) is 0.747. The van der Waals surface area contributed by atoms with Crippen LogP contribution in [0.2, 0.25) is 6.32 Å². The van der Waals surface area contributed by atoms with Crippen molar-refractivity contribution in [1.82, 2.24) is 0 Å². The molecule has 0 fully saturated rings. The summed E-state index contributed by atoms with van der Waals surface area (Å²) in [4.78, 5) is 0. The van der Waals surface area contributed by atoms with E-state index in [0.29, 0.717) is 5.15 Å². The predicted molar refractivity (Wildman–Crippen MR) is 49.9 cm³/mol. The van der Waals surface area contributed by atoms with E-state index in [1.807, 2.05) is 0 Å². The fraction of sp³-hybridized carbons (Fsp3) is 1.00. The topological polar surface area (TPSA) is 0 Å². The Hall–Kier alpha value is 0.415. The highest BCUT2D eigenvalue weighted by molar-refractivity contribution is 7.82. The van der Waals surface area contributed by atoms with Crippen LogP contribution in [0, 0.1) is 5.92 Å². The first-order valence-corrected chi connectivity index (χ1v) is 4.38. The van der Waals surface area contributed by atoms with Gasteiger partial charge in [0.05, 0.1) is 0 Å². The molecule has 0 rings (SSSR count). The smallest absolute Gasteiger partial charge is 0.136 e. The van der Waals surface area contributed by atoms with Gasteiger partial charge in [0.2, 0.25) is 0 Å². The summed E-state index contributed by atoms with van der Waals surface area (Å²) in [6.45, 7) is 6.68. The molecule has 0 aliphatic heterocycles. The van der Waals surface area contributed by atoms with Gasteiger partial charge >= 0.3 is 0 Å². The number of rotatable bonds is 4. The maximum atomic E-state index is 4.46. The van der Waals surface area contributed by atoms with Gasteiger partial charge in [-0.3, -0.25) is 0 Å². The molecule has 9 heavy (non-hydrogen) atoms. The summed E-state index contributed by atoms with van der Waals surface area (Å²) in [7, 11) is 1.28. The van der Waals surface area contributed by atoms with Crippen LogP contribution in [0.15, 0.2) is 0 Å². The van der Waals surface area contributed by atoms with Crippen LogP contribution in [0.25, 0.3) is 0 Å². The van der Waals surface area contributed by atoms with Crippen molar-refractivity contribution < 1.29 is 0 Å². The lowest BCUT2D eigenvalue weighted by atomic mass is 9.66. The van der Waals surface area contributed by atoms with Gasteiger partial charge in [-0.2, -0.15) is 12.6 Å². The van der Waals surface area contributed by atoms with E-state index >= 15 is 0 Å². The highest BCUT2D eigenvalue weighted by Gasteiger charge is 2.07. The highest BCUT2D eigenvalue weighted by Crippen LogP contribution is 2.08. The van der Waals surface area contributed by atoms with E-state index in [1.165, 1.54) is 20.0 Å². The van der Waals surface area contributed by atoms with Gasteiger partial charge in [0.1, 0.15) is 7.28 Å². The van der Waals surface area contributed by atoms with E-state index in [-0.39, 0.29) is 0 Å². The van der Waals surface area contributed by atoms with Crippen LogP contribution in [-0.2, 0) is 0 Å². The zero-order valence-electron chi connectivity index (χ0n) is 6.72. The lowest BCUT2D eigenvalue weighted by molar-refractivity contribution is 0.709. The van der Waals surface area contributed by atoms with Crippen molar-refractivity contribution >= 4 is 19.9 Å². The van der Waals surface area contributed by atoms with E-state index in [4.69, 9.17) is 0 Å². The van der Waals surface area contributed by atoms with Gasteiger partial charge < -0.3 is 0 Å². The highest BCUT2D eigenvalue weighted by atomic mass is 32.1. The molecule has 0 aliphatic carbocycles. The lowest BCUT2D eigenvalue weighted by Crippen LogP contribution is -2.15. The molecular weight excluding hydrogens is 127 g/mol. The molecule has 0 N–H and O–H groups in total. The Labute approximate surface area is 65.1 Å². The van der Waals surface area contributed by atoms with Crippen molar-refractivity contribution in [1.29, 1.82) is 0 Å². The molecule has 0 spiro atoms. The molecule has 0 bridgehead atoms. The third-order valence-electron chi connectivity index (χ3n) is 1.62. The molecule has 0 aromatic carbocycles. The Morgan fingerprint density at radius 2 is 2.00 bits per heavy atom. The van der Waals surface area contributed by atoms with Gasteiger partial charge in [0.25, 0.3) is 0 Å². The molecule has 1 unspecified atom stereocenters. The molecule has 0 radical (unpaired) electrons. The van der Waals surface area contributed by atoms with Crippen LogP contribution in [0.5, 0.6) is 0 Å². The minimum Gasteiger partial charge on any atom is -0.184 e. The Balaban J connectivity index is 3.16. The predicted octanol–water partition coefficient (Wildman–Crippen LogP) is 2.16. The zero-order chi connectivity index (χ0) is 7.28. The third kappa shape index (κ3) is 4.89. The Kier molecular flexibility index (Phi) is 5.46. The lowest BCUT2D eigenvalue weighted by Gasteiger charge is -2.11. The Morgan fingerprint density at radius 3 is 2.33 bits per heavy atom. The molecule has 0 aromatic rings. The van der Waals surface area contributed by atoms with Crippen LogP contribution < -0.4 is 0 Å². The minimum absolute atomic E-state index is 0.616. The van der Waals surface area contributed by atoms with Gasteiger partial charge in [-0.25, -0.2) is 0 Å². The first kappa shape index (κ1) is 9.41. The summed E-state index contributed by atoms with van der Waals surface area (Å²) in [6.07, 6.45) is 2.62. The molecule has 0 saturated carbocycles. The molecular formula is C7H17BS. The van der Waals surface area contributed by atoms with Crippen molar-refractivity contribution in [2.75, 3.05) is 0 Å². The average molecular weight is 144 g/mol. The van der Waals surface area contributed by atoms with Crippen LogP contribution >= 0.6 is 12.6 Å². The first-order chi connectivity index (χ1) is 4.18. The average Bonchev–Trinajstić information content (AvgIpc) is 1.82. The largest absolute Gasteiger partial charge is 0.184 e.